The van der Waals surface area contributed by atoms with Crippen LogP contribution in [0.3, 0.4) is 0 Å². The molecule has 1 atom stereocenters. The zero-order valence-corrected chi connectivity index (χ0v) is 14.8. The van der Waals surface area contributed by atoms with Gasteiger partial charge in [0.1, 0.15) is 5.76 Å². The Morgan fingerprint density at radius 3 is 2.75 bits per heavy atom. The molecule has 130 valence electrons. The largest absolute Gasteiger partial charge is 0.495 e. The van der Waals surface area contributed by atoms with Gasteiger partial charge in [0.15, 0.2) is 5.69 Å². The average molecular weight is 331 g/mol. The molecule has 1 aromatic rings. The molecular weight excluding hydrogens is 306 g/mol. The molecule has 0 fully saturated rings. The fourth-order valence-corrected chi connectivity index (χ4v) is 2.67. The molecule has 1 heterocycles. The number of carbonyl (C=O) groups excluding carboxylic acids is 1. The monoisotopic (exact) mass is 331 g/mol. The first-order valence-electron chi connectivity index (χ1n) is 8.45. The van der Waals surface area contributed by atoms with E-state index >= 15 is 0 Å². The average Bonchev–Trinajstić information content (AvgIpc) is 2.56. The van der Waals surface area contributed by atoms with Crippen molar-refractivity contribution in [3.05, 3.63) is 35.1 Å². The third-order valence-electron chi connectivity index (χ3n) is 4.02. The first kappa shape index (κ1) is 18.1. The SMILES string of the molecule is CCCC(C)OC1=C(C)/C(=N/OC(=O)c2nccnc2C)CCC1. The van der Waals surface area contributed by atoms with Crippen LogP contribution in [0.2, 0.25) is 0 Å². The van der Waals surface area contributed by atoms with E-state index < -0.39 is 5.97 Å². The van der Waals surface area contributed by atoms with Crippen molar-refractivity contribution in [3.8, 4) is 0 Å². The van der Waals surface area contributed by atoms with Crippen LogP contribution in [-0.2, 0) is 9.57 Å². The van der Waals surface area contributed by atoms with E-state index in [9.17, 15) is 4.79 Å². The van der Waals surface area contributed by atoms with Gasteiger partial charge in [-0.05, 0) is 40.0 Å². The number of aromatic nitrogens is 2. The van der Waals surface area contributed by atoms with Crippen molar-refractivity contribution >= 4 is 11.7 Å². The number of carbonyl (C=O) groups is 1. The molecule has 2 rings (SSSR count). The molecule has 0 N–H and O–H groups in total. The van der Waals surface area contributed by atoms with Gasteiger partial charge in [-0.2, -0.15) is 0 Å². The van der Waals surface area contributed by atoms with Gasteiger partial charge in [-0.3, -0.25) is 4.98 Å². The van der Waals surface area contributed by atoms with E-state index in [0.717, 1.165) is 49.1 Å². The molecule has 6 heteroatoms. The highest BCUT2D eigenvalue weighted by molar-refractivity contribution is 6.01. The zero-order valence-electron chi connectivity index (χ0n) is 14.8. The maximum Gasteiger partial charge on any atom is 0.385 e. The fourth-order valence-electron chi connectivity index (χ4n) is 2.67. The fraction of sp³-hybridized carbons (Fsp3) is 0.556. The topological polar surface area (TPSA) is 73.7 Å². The maximum absolute atomic E-state index is 12.1. The molecule has 1 unspecified atom stereocenters. The van der Waals surface area contributed by atoms with Gasteiger partial charge in [-0.1, -0.05) is 18.5 Å². The van der Waals surface area contributed by atoms with Crippen LogP contribution >= 0.6 is 0 Å². The van der Waals surface area contributed by atoms with Gasteiger partial charge in [0.05, 0.1) is 17.5 Å². The number of oxime groups is 1. The summed E-state index contributed by atoms with van der Waals surface area (Å²) in [5, 5.41) is 4.05. The summed E-state index contributed by atoms with van der Waals surface area (Å²) >= 11 is 0. The second kappa shape index (κ2) is 8.57. The van der Waals surface area contributed by atoms with Crippen LogP contribution in [0.1, 0.15) is 69.1 Å². The second-order valence-electron chi connectivity index (χ2n) is 6.03. The van der Waals surface area contributed by atoms with Crippen molar-refractivity contribution in [2.75, 3.05) is 0 Å². The number of ether oxygens (including phenoxy) is 1. The summed E-state index contributed by atoms with van der Waals surface area (Å²) in [6.45, 7) is 7.89. The van der Waals surface area contributed by atoms with Gasteiger partial charge >= 0.3 is 5.97 Å². The van der Waals surface area contributed by atoms with E-state index in [2.05, 4.69) is 29.0 Å². The van der Waals surface area contributed by atoms with E-state index in [1.807, 2.05) is 6.92 Å². The molecule has 1 aromatic heterocycles. The highest BCUT2D eigenvalue weighted by Crippen LogP contribution is 2.25. The standard InChI is InChI=1S/C18H25N3O3/c1-5-7-12(2)23-16-9-6-8-15(13(16)3)21-24-18(22)17-14(4)19-10-11-20-17/h10-12H,5-9H2,1-4H3/b21-15+. The molecule has 1 aliphatic carbocycles. The zero-order chi connectivity index (χ0) is 17.5. The van der Waals surface area contributed by atoms with Gasteiger partial charge < -0.3 is 9.57 Å². The number of nitrogens with zero attached hydrogens (tertiary/aromatic N) is 3. The molecule has 0 radical (unpaired) electrons. The van der Waals surface area contributed by atoms with Crippen LogP contribution in [0.15, 0.2) is 28.9 Å². The molecule has 0 aliphatic heterocycles. The van der Waals surface area contributed by atoms with Gasteiger partial charge in [0, 0.05) is 24.4 Å². The molecule has 0 bridgehead atoms. The Labute approximate surface area is 143 Å². The predicted molar refractivity (Wildman–Crippen MR) is 91.6 cm³/mol. The van der Waals surface area contributed by atoms with E-state index in [1.165, 1.54) is 12.4 Å². The second-order valence-corrected chi connectivity index (χ2v) is 6.03. The van der Waals surface area contributed by atoms with Crippen LogP contribution in [-0.4, -0.2) is 27.8 Å². The number of hydrogen-bond donors (Lipinski definition) is 0. The van der Waals surface area contributed by atoms with Crippen molar-refractivity contribution in [1.82, 2.24) is 9.97 Å². The van der Waals surface area contributed by atoms with E-state index in [0.29, 0.717) is 5.69 Å². The molecule has 0 aromatic carbocycles. The summed E-state index contributed by atoms with van der Waals surface area (Å²) in [4.78, 5) is 25.2. The molecule has 0 amide bonds. The Kier molecular flexibility index (Phi) is 6.46. The minimum Gasteiger partial charge on any atom is -0.495 e. The lowest BCUT2D eigenvalue weighted by Crippen LogP contribution is -2.17. The lowest BCUT2D eigenvalue weighted by Gasteiger charge is -2.23. The van der Waals surface area contributed by atoms with Crippen LogP contribution in [0.4, 0.5) is 0 Å². The number of aryl methyl sites for hydroxylation is 1. The van der Waals surface area contributed by atoms with Gasteiger partial charge in [-0.15, -0.1) is 0 Å². The number of allylic oxidation sites excluding steroid dienone is 2. The molecule has 0 saturated carbocycles. The molecule has 1 aliphatic rings. The molecule has 0 saturated heterocycles. The first-order chi connectivity index (χ1) is 11.5. The molecule has 6 nitrogen and oxygen atoms in total. The quantitative estimate of drug-likeness (QED) is 0.582. The Morgan fingerprint density at radius 1 is 1.29 bits per heavy atom. The van der Waals surface area contributed by atoms with E-state index in [1.54, 1.807) is 6.92 Å². The minimum absolute atomic E-state index is 0.184. The summed E-state index contributed by atoms with van der Waals surface area (Å²) in [5.41, 5.74) is 2.44. The summed E-state index contributed by atoms with van der Waals surface area (Å²) < 4.78 is 6.02. The third-order valence-corrected chi connectivity index (χ3v) is 4.02. The Hall–Kier alpha value is -2.24. The van der Waals surface area contributed by atoms with Crippen LogP contribution in [0.25, 0.3) is 0 Å². The van der Waals surface area contributed by atoms with Crippen molar-refractivity contribution in [1.29, 1.82) is 0 Å². The van der Waals surface area contributed by atoms with Crippen molar-refractivity contribution in [2.24, 2.45) is 5.16 Å². The Morgan fingerprint density at radius 2 is 2.04 bits per heavy atom. The minimum atomic E-state index is -0.590. The van der Waals surface area contributed by atoms with E-state index in [4.69, 9.17) is 9.57 Å². The lowest BCUT2D eigenvalue weighted by atomic mass is 9.96. The highest BCUT2D eigenvalue weighted by Gasteiger charge is 2.20. The van der Waals surface area contributed by atoms with Crippen LogP contribution in [0.5, 0.6) is 0 Å². The van der Waals surface area contributed by atoms with Gasteiger partial charge in [-0.25, -0.2) is 9.78 Å². The summed E-state index contributed by atoms with van der Waals surface area (Å²) in [7, 11) is 0. The maximum atomic E-state index is 12.1. The number of hydrogen-bond acceptors (Lipinski definition) is 6. The van der Waals surface area contributed by atoms with Gasteiger partial charge in [0.25, 0.3) is 0 Å². The summed E-state index contributed by atoms with van der Waals surface area (Å²) in [5.74, 6) is 0.362. The van der Waals surface area contributed by atoms with Crippen LogP contribution in [0, 0.1) is 6.92 Å². The van der Waals surface area contributed by atoms with Crippen LogP contribution < -0.4 is 0 Å². The van der Waals surface area contributed by atoms with Crippen molar-refractivity contribution in [3.63, 3.8) is 0 Å². The normalized spacial score (nSPS) is 17.8. The number of rotatable bonds is 6. The first-order valence-corrected chi connectivity index (χ1v) is 8.45. The van der Waals surface area contributed by atoms with Crippen molar-refractivity contribution < 1.29 is 14.4 Å². The summed E-state index contributed by atoms with van der Waals surface area (Å²) in [6.07, 6.45) is 7.89. The highest BCUT2D eigenvalue weighted by atomic mass is 16.7. The summed E-state index contributed by atoms with van der Waals surface area (Å²) in [6, 6.07) is 0. The smallest absolute Gasteiger partial charge is 0.385 e. The molecule has 0 spiro atoms. The van der Waals surface area contributed by atoms with Gasteiger partial charge in [0.2, 0.25) is 0 Å². The van der Waals surface area contributed by atoms with E-state index in [-0.39, 0.29) is 11.8 Å². The predicted octanol–water partition coefficient (Wildman–Crippen LogP) is 3.96. The lowest BCUT2D eigenvalue weighted by molar-refractivity contribution is 0.0505. The molecule has 24 heavy (non-hydrogen) atoms. The third kappa shape index (κ3) is 4.63. The van der Waals surface area contributed by atoms with Crippen molar-refractivity contribution in [2.45, 2.75) is 65.9 Å². The molecular formula is C18H25N3O3. The Balaban J connectivity index is 2.08. The Bertz CT molecular complexity index is 653.